The second kappa shape index (κ2) is 9.40. The van der Waals surface area contributed by atoms with E-state index in [-0.39, 0.29) is 17.9 Å². The van der Waals surface area contributed by atoms with E-state index in [1.54, 1.807) is 0 Å². The smallest absolute Gasteiger partial charge is 0.134 e. The fourth-order valence-corrected chi connectivity index (χ4v) is 5.11. The summed E-state index contributed by atoms with van der Waals surface area (Å²) in [7, 11) is 0. The molecule has 3 unspecified atom stereocenters. The molecule has 1 aliphatic heterocycles. The van der Waals surface area contributed by atoms with Gasteiger partial charge < -0.3 is 15.5 Å². The highest BCUT2D eigenvalue weighted by atomic mass is 79.9. The number of dihydropyridines is 1. The first-order chi connectivity index (χ1) is 12.5. The number of nitrogens with zero attached hydrogens (tertiary/aromatic N) is 1. The lowest BCUT2D eigenvalue weighted by molar-refractivity contribution is 0.0436. The van der Waals surface area contributed by atoms with Crippen LogP contribution in [0.2, 0.25) is 0 Å². The average molecular weight is 486 g/mol. The molecule has 4 nitrogen and oxygen atoms in total. The number of halogens is 2. The summed E-state index contributed by atoms with van der Waals surface area (Å²) in [5, 5.41) is 24.2. The van der Waals surface area contributed by atoms with Gasteiger partial charge in [0.2, 0.25) is 0 Å². The number of allylic oxidation sites excluding steroid dienone is 2. The van der Waals surface area contributed by atoms with Gasteiger partial charge in [-0.15, -0.1) is 0 Å². The van der Waals surface area contributed by atoms with E-state index in [4.69, 9.17) is 0 Å². The lowest BCUT2D eigenvalue weighted by Crippen LogP contribution is -2.43. The molecule has 142 valence electrons. The summed E-state index contributed by atoms with van der Waals surface area (Å²) in [6.45, 7) is 2.30. The third-order valence-corrected chi connectivity index (χ3v) is 6.24. The van der Waals surface area contributed by atoms with E-state index < -0.39 is 0 Å². The molecule has 1 aromatic rings. The van der Waals surface area contributed by atoms with Gasteiger partial charge in [0.1, 0.15) is 5.75 Å². The second-order valence-electron chi connectivity index (χ2n) is 7.22. The first kappa shape index (κ1) is 19.9. The average Bonchev–Trinajstić information content (AvgIpc) is 2.62. The van der Waals surface area contributed by atoms with E-state index >= 15 is 0 Å². The van der Waals surface area contributed by atoms with Gasteiger partial charge in [-0.2, -0.15) is 0 Å². The van der Waals surface area contributed by atoms with Crippen molar-refractivity contribution in [3.63, 3.8) is 0 Å². The maximum atomic E-state index is 10.5. The van der Waals surface area contributed by atoms with Gasteiger partial charge in [-0.25, -0.2) is 0 Å². The Balaban J connectivity index is 1.75. The van der Waals surface area contributed by atoms with E-state index in [9.17, 15) is 10.2 Å². The van der Waals surface area contributed by atoms with Gasteiger partial charge in [-0.3, -0.25) is 4.90 Å². The maximum Gasteiger partial charge on any atom is 0.134 e. The standard InChI is InChI=1S/C20H26Br2N2O2/c21-16-9-15(20(26)18(22)10-16)12-24(13-17-6-3-4-8-23-17)11-14-5-1-2-7-19(14)25/h3-4,6,8-10,14,17,19,23,25-26H,1-2,5,7,11-13H2. The van der Waals surface area contributed by atoms with Crippen LogP contribution >= 0.6 is 31.9 Å². The summed E-state index contributed by atoms with van der Waals surface area (Å²) in [4.78, 5) is 2.34. The molecule has 1 fully saturated rings. The van der Waals surface area contributed by atoms with Crippen molar-refractivity contribution in [3.05, 3.63) is 51.1 Å². The monoisotopic (exact) mass is 484 g/mol. The van der Waals surface area contributed by atoms with E-state index in [0.29, 0.717) is 16.9 Å². The number of benzene rings is 1. The Morgan fingerprint density at radius 2 is 1.92 bits per heavy atom. The zero-order valence-electron chi connectivity index (χ0n) is 14.7. The van der Waals surface area contributed by atoms with Crippen molar-refractivity contribution < 1.29 is 10.2 Å². The van der Waals surface area contributed by atoms with E-state index in [2.05, 4.69) is 54.2 Å². The predicted octanol–water partition coefficient (Wildman–Crippen LogP) is 4.31. The summed E-state index contributed by atoms with van der Waals surface area (Å²) in [5.74, 6) is 0.582. The molecule has 3 N–H and O–H groups in total. The van der Waals surface area contributed by atoms with Gasteiger partial charge in [-0.05, 0) is 59.1 Å². The minimum absolute atomic E-state index is 0.219. The molecule has 2 aliphatic rings. The van der Waals surface area contributed by atoms with Crippen molar-refractivity contribution in [2.75, 3.05) is 13.1 Å². The number of aliphatic hydroxyl groups is 1. The molecule has 0 aromatic heterocycles. The van der Waals surface area contributed by atoms with Crippen molar-refractivity contribution in [2.24, 2.45) is 5.92 Å². The zero-order chi connectivity index (χ0) is 18.5. The Labute approximate surface area is 172 Å². The maximum absolute atomic E-state index is 10.5. The lowest BCUT2D eigenvalue weighted by Gasteiger charge is -2.35. The van der Waals surface area contributed by atoms with Gasteiger partial charge in [0.05, 0.1) is 16.6 Å². The lowest BCUT2D eigenvalue weighted by atomic mass is 9.86. The van der Waals surface area contributed by atoms with Crippen LogP contribution in [-0.4, -0.2) is 40.3 Å². The number of hydrogen-bond donors (Lipinski definition) is 3. The third kappa shape index (κ3) is 5.35. The van der Waals surface area contributed by atoms with Gasteiger partial charge in [0, 0.05) is 29.7 Å². The molecule has 0 spiro atoms. The largest absolute Gasteiger partial charge is 0.506 e. The fraction of sp³-hybridized carbons (Fsp3) is 0.500. The van der Waals surface area contributed by atoms with Gasteiger partial charge >= 0.3 is 0 Å². The molecule has 1 heterocycles. The Morgan fingerprint density at radius 3 is 2.65 bits per heavy atom. The molecular formula is C20H26Br2N2O2. The van der Waals surface area contributed by atoms with E-state index in [1.165, 1.54) is 6.42 Å². The molecule has 0 amide bonds. The molecule has 0 radical (unpaired) electrons. The van der Waals surface area contributed by atoms with Gasteiger partial charge in [0.15, 0.2) is 0 Å². The zero-order valence-corrected chi connectivity index (χ0v) is 17.9. The normalized spacial score (nSPS) is 25.5. The van der Waals surface area contributed by atoms with Crippen LogP contribution in [0.5, 0.6) is 5.75 Å². The number of aliphatic hydroxyl groups excluding tert-OH is 1. The quantitative estimate of drug-likeness (QED) is 0.561. The van der Waals surface area contributed by atoms with Crippen molar-refractivity contribution in [1.29, 1.82) is 0 Å². The molecular weight excluding hydrogens is 460 g/mol. The summed E-state index contributed by atoms with van der Waals surface area (Å²) in [6.07, 6.45) is 12.2. The van der Waals surface area contributed by atoms with Crippen LogP contribution in [0, 0.1) is 5.92 Å². The summed E-state index contributed by atoms with van der Waals surface area (Å²) in [5.41, 5.74) is 0.881. The van der Waals surface area contributed by atoms with Crippen molar-refractivity contribution in [1.82, 2.24) is 10.2 Å². The molecule has 3 atom stereocenters. The number of hydrogen-bond acceptors (Lipinski definition) is 4. The number of phenolic OH excluding ortho intramolecular Hbond substituents is 1. The summed E-state index contributed by atoms with van der Waals surface area (Å²) >= 11 is 6.93. The molecule has 1 aliphatic carbocycles. The molecule has 1 aromatic carbocycles. The number of phenols is 1. The highest BCUT2D eigenvalue weighted by Gasteiger charge is 2.26. The van der Waals surface area contributed by atoms with Crippen LogP contribution in [0.4, 0.5) is 0 Å². The van der Waals surface area contributed by atoms with E-state index in [0.717, 1.165) is 42.4 Å². The Hall–Kier alpha value is -0.820. The summed E-state index contributed by atoms with van der Waals surface area (Å²) < 4.78 is 1.63. The number of rotatable bonds is 6. The van der Waals surface area contributed by atoms with Crippen molar-refractivity contribution >= 4 is 31.9 Å². The molecule has 3 rings (SSSR count). The fourth-order valence-electron chi connectivity index (χ4n) is 3.80. The van der Waals surface area contributed by atoms with E-state index in [1.807, 2.05) is 24.4 Å². The minimum Gasteiger partial charge on any atom is -0.506 e. The molecule has 26 heavy (non-hydrogen) atoms. The Bertz CT molecular complexity index is 678. The minimum atomic E-state index is -0.219. The van der Waals surface area contributed by atoms with Crippen molar-refractivity contribution in [2.45, 2.75) is 44.4 Å². The highest BCUT2D eigenvalue weighted by Crippen LogP contribution is 2.33. The molecule has 1 saturated carbocycles. The third-order valence-electron chi connectivity index (χ3n) is 5.18. The molecule has 0 bridgehead atoms. The van der Waals surface area contributed by atoms with Crippen molar-refractivity contribution in [3.8, 4) is 5.75 Å². The Morgan fingerprint density at radius 1 is 1.12 bits per heavy atom. The SMILES string of the molecule is Oc1c(Br)cc(Br)cc1CN(CC1C=CC=CN1)CC1CCCCC1O. The molecule has 0 saturated heterocycles. The first-order valence-electron chi connectivity index (χ1n) is 9.19. The Kier molecular flexibility index (Phi) is 7.20. The van der Waals surface area contributed by atoms with Crippen LogP contribution in [0.3, 0.4) is 0 Å². The van der Waals surface area contributed by atoms with Gasteiger partial charge in [0.25, 0.3) is 0 Å². The first-order valence-corrected chi connectivity index (χ1v) is 10.8. The van der Waals surface area contributed by atoms with Crippen LogP contribution in [0.1, 0.15) is 31.2 Å². The molecule has 6 heteroatoms. The van der Waals surface area contributed by atoms with Crippen LogP contribution in [0.25, 0.3) is 0 Å². The number of nitrogens with one attached hydrogen (secondary N) is 1. The topological polar surface area (TPSA) is 55.7 Å². The van der Waals surface area contributed by atoms with Gasteiger partial charge in [-0.1, -0.05) is 40.9 Å². The summed E-state index contributed by atoms with van der Waals surface area (Å²) in [6, 6.07) is 4.05. The van der Waals surface area contributed by atoms with Crippen LogP contribution < -0.4 is 5.32 Å². The predicted molar refractivity (Wildman–Crippen MR) is 112 cm³/mol. The van der Waals surface area contributed by atoms with Crippen LogP contribution in [0.15, 0.2) is 45.5 Å². The second-order valence-corrected chi connectivity index (χ2v) is 8.99. The van der Waals surface area contributed by atoms with Crippen LogP contribution in [-0.2, 0) is 6.54 Å². The number of aromatic hydroxyl groups is 1. The highest BCUT2D eigenvalue weighted by molar-refractivity contribution is 9.11.